The molecule has 5 nitrogen and oxygen atoms in total. The van der Waals surface area contributed by atoms with Crippen LogP contribution in [0.2, 0.25) is 0 Å². The Bertz CT molecular complexity index is 500. The van der Waals surface area contributed by atoms with E-state index in [0.717, 1.165) is 11.3 Å². The molecule has 0 spiro atoms. The molecular formula is C15H23N3O2. The molecule has 0 bridgehead atoms. The van der Waals surface area contributed by atoms with Gasteiger partial charge in [-0.2, -0.15) is 0 Å². The Kier molecular flexibility index (Phi) is 7.07. The summed E-state index contributed by atoms with van der Waals surface area (Å²) in [7, 11) is 0. The van der Waals surface area contributed by atoms with Crippen molar-refractivity contribution in [3.63, 3.8) is 0 Å². The highest BCUT2D eigenvalue weighted by Crippen LogP contribution is 2.22. The number of rotatable bonds is 2. The van der Waals surface area contributed by atoms with Crippen LogP contribution in [0.15, 0.2) is 30.2 Å². The molecule has 5 N–H and O–H groups in total. The molecule has 1 amide bonds. The number of pyridine rings is 1. The molecule has 0 aliphatic carbocycles. The summed E-state index contributed by atoms with van der Waals surface area (Å²) in [4.78, 5) is 12.7. The highest BCUT2D eigenvalue weighted by atomic mass is 16.3. The molecule has 1 rings (SSSR count). The number of nitrogen functional groups attached to an aromatic ring is 1. The number of carbonyl (C=O) groups excluding carboxylic acids is 1. The van der Waals surface area contributed by atoms with E-state index in [4.69, 9.17) is 10.5 Å². The number of hydrogen-bond acceptors (Lipinski definition) is 4. The number of carbonyl (C=O) groups is 1. The summed E-state index contributed by atoms with van der Waals surface area (Å²) in [5, 5.41) is 9.73. The number of hydrogen-bond donors (Lipinski definition) is 3. The molecule has 0 radical (unpaired) electrons. The van der Waals surface area contributed by atoms with Gasteiger partial charge in [-0.3, -0.25) is 9.78 Å². The second kappa shape index (κ2) is 7.99. The van der Waals surface area contributed by atoms with Gasteiger partial charge in [0.2, 0.25) is 6.41 Å². The Balaban J connectivity index is 0.00000110. The molecule has 0 fully saturated rings. The predicted octanol–water partition coefficient (Wildman–Crippen LogP) is 2.57. The van der Waals surface area contributed by atoms with E-state index in [1.54, 1.807) is 18.3 Å². The zero-order valence-electron chi connectivity index (χ0n) is 12.4. The minimum absolute atomic E-state index is 0.227. The molecule has 0 aliphatic rings. The molecule has 5 heteroatoms. The van der Waals surface area contributed by atoms with Gasteiger partial charge in [0.25, 0.3) is 0 Å². The third-order valence-electron chi connectivity index (χ3n) is 2.46. The molecule has 0 aromatic carbocycles. The van der Waals surface area contributed by atoms with Crippen molar-refractivity contribution < 1.29 is 9.90 Å². The van der Waals surface area contributed by atoms with E-state index in [9.17, 15) is 5.11 Å². The molecule has 1 aromatic rings. The van der Waals surface area contributed by atoms with E-state index < -0.39 is 0 Å². The third-order valence-corrected chi connectivity index (χ3v) is 2.46. The minimum atomic E-state index is -0.227. The smallest absolute Gasteiger partial charge is 0.204 e. The number of aliphatic hydroxyl groups is 1. The lowest BCUT2D eigenvalue weighted by Crippen LogP contribution is -2.07. The molecule has 0 aliphatic heterocycles. The normalized spacial score (nSPS) is 11.9. The number of allylic oxidation sites excluding steroid dienone is 3. The van der Waals surface area contributed by atoms with Crippen LogP contribution in [-0.2, 0) is 4.79 Å². The van der Waals surface area contributed by atoms with E-state index in [1.807, 2.05) is 39.8 Å². The fourth-order valence-electron chi connectivity index (χ4n) is 1.16. The number of primary amides is 1. The van der Waals surface area contributed by atoms with Crippen molar-refractivity contribution in [3.05, 3.63) is 41.4 Å². The van der Waals surface area contributed by atoms with Crippen LogP contribution in [0.5, 0.6) is 0 Å². The SMILES string of the molecule is Cc1ncc(/C=C/C=C(\O)C(C)(C)C)cc1N.NC=O. The van der Waals surface area contributed by atoms with Crippen molar-refractivity contribution in [2.45, 2.75) is 27.7 Å². The van der Waals surface area contributed by atoms with Crippen LogP contribution >= 0.6 is 0 Å². The van der Waals surface area contributed by atoms with Crippen molar-refractivity contribution >= 4 is 18.2 Å². The van der Waals surface area contributed by atoms with Crippen LogP contribution in [-0.4, -0.2) is 16.5 Å². The Labute approximate surface area is 120 Å². The van der Waals surface area contributed by atoms with Crippen LogP contribution in [0.3, 0.4) is 0 Å². The molecule has 1 heterocycles. The Hall–Kier alpha value is -2.30. The van der Waals surface area contributed by atoms with Gasteiger partial charge in [-0.15, -0.1) is 0 Å². The van der Waals surface area contributed by atoms with Gasteiger partial charge in [0.1, 0.15) is 0 Å². The lowest BCUT2D eigenvalue weighted by atomic mass is 9.93. The van der Waals surface area contributed by atoms with E-state index in [0.29, 0.717) is 11.4 Å². The summed E-state index contributed by atoms with van der Waals surface area (Å²) < 4.78 is 0. The molecule has 0 saturated carbocycles. The van der Waals surface area contributed by atoms with Gasteiger partial charge in [0.15, 0.2) is 0 Å². The fraction of sp³-hybridized carbons (Fsp3) is 0.333. The molecule has 0 saturated heterocycles. The number of anilines is 1. The number of nitrogens with zero attached hydrogens (tertiary/aromatic N) is 1. The first kappa shape index (κ1) is 17.7. The van der Waals surface area contributed by atoms with Gasteiger partial charge < -0.3 is 16.6 Å². The zero-order chi connectivity index (χ0) is 15.8. The topological polar surface area (TPSA) is 102 Å². The van der Waals surface area contributed by atoms with Crippen molar-refractivity contribution in [3.8, 4) is 0 Å². The van der Waals surface area contributed by atoms with Gasteiger partial charge in [-0.05, 0) is 24.6 Å². The molecule has 0 unspecified atom stereocenters. The van der Waals surface area contributed by atoms with Gasteiger partial charge in [-0.1, -0.05) is 32.9 Å². The van der Waals surface area contributed by atoms with Crippen LogP contribution < -0.4 is 11.5 Å². The highest BCUT2D eigenvalue weighted by molar-refractivity contribution is 5.57. The molecular weight excluding hydrogens is 254 g/mol. The lowest BCUT2D eigenvalue weighted by Gasteiger charge is -2.16. The predicted molar refractivity (Wildman–Crippen MR) is 82.8 cm³/mol. The summed E-state index contributed by atoms with van der Waals surface area (Å²) in [6, 6.07) is 1.86. The van der Waals surface area contributed by atoms with Crippen molar-refractivity contribution in [1.82, 2.24) is 4.98 Å². The van der Waals surface area contributed by atoms with E-state index >= 15 is 0 Å². The molecule has 0 atom stereocenters. The highest BCUT2D eigenvalue weighted by Gasteiger charge is 2.14. The maximum Gasteiger partial charge on any atom is 0.204 e. The maximum absolute atomic E-state index is 9.73. The summed E-state index contributed by atoms with van der Waals surface area (Å²) in [5.74, 6) is 0.349. The molecule has 110 valence electrons. The number of aromatic nitrogens is 1. The van der Waals surface area contributed by atoms with Gasteiger partial charge in [0, 0.05) is 11.6 Å². The van der Waals surface area contributed by atoms with Crippen LogP contribution in [0, 0.1) is 12.3 Å². The first-order valence-corrected chi connectivity index (χ1v) is 6.17. The summed E-state index contributed by atoms with van der Waals surface area (Å²) in [6.45, 7) is 7.74. The summed E-state index contributed by atoms with van der Waals surface area (Å²) in [6.07, 6.45) is 7.36. The standard InChI is InChI=1S/C14H20N2O.CH3NO/c1-10-12(15)8-11(9-16-10)6-5-7-13(17)14(2,3)4;2-1-3/h5-9,17H,15H2,1-4H3;1H,(H2,2,3)/b6-5+,13-7-;. The van der Waals surface area contributed by atoms with E-state index in [2.05, 4.69) is 10.7 Å². The van der Waals surface area contributed by atoms with Gasteiger partial charge in [-0.25, -0.2) is 0 Å². The second-order valence-corrected chi connectivity index (χ2v) is 5.24. The first-order valence-electron chi connectivity index (χ1n) is 6.17. The van der Waals surface area contributed by atoms with E-state index in [1.165, 1.54) is 0 Å². The number of aliphatic hydroxyl groups excluding tert-OH is 1. The number of amides is 1. The van der Waals surface area contributed by atoms with Gasteiger partial charge >= 0.3 is 0 Å². The van der Waals surface area contributed by atoms with Crippen molar-refractivity contribution in [2.75, 3.05) is 5.73 Å². The Morgan fingerprint density at radius 1 is 1.40 bits per heavy atom. The van der Waals surface area contributed by atoms with Crippen LogP contribution in [0.25, 0.3) is 6.08 Å². The van der Waals surface area contributed by atoms with Gasteiger partial charge in [0.05, 0.1) is 17.1 Å². The van der Waals surface area contributed by atoms with Crippen molar-refractivity contribution in [1.29, 1.82) is 0 Å². The minimum Gasteiger partial charge on any atom is -0.512 e. The number of nitrogens with two attached hydrogens (primary N) is 2. The quantitative estimate of drug-likeness (QED) is 0.439. The fourth-order valence-corrected chi connectivity index (χ4v) is 1.16. The van der Waals surface area contributed by atoms with Crippen molar-refractivity contribution in [2.24, 2.45) is 11.1 Å². The van der Waals surface area contributed by atoms with Crippen LogP contribution in [0.1, 0.15) is 32.0 Å². The summed E-state index contributed by atoms with van der Waals surface area (Å²) >= 11 is 0. The number of aryl methyl sites for hydroxylation is 1. The molecule has 1 aromatic heterocycles. The average Bonchev–Trinajstić information content (AvgIpc) is 2.33. The monoisotopic (exact) mass is 277 g/mol. The van der Waals surface area contributed by atoms with Crippen LogP contribution in [0.4, 0.5) is 5.69 Å². The Morgan fingerprint density at radius 2 is 1.95 bits per heavy atom. The largest absolute Gasteiger partial charge is 0.512 e. The first-order chi connectivity index (χ1) is 9.22. The summed E-state index contributed by atoms with van der Waals surface area (Å²) in [5.41, 5.74) is 12.1. The average molecular weight is 277 g/mol. The maximum atomic E-state index is 9.73. The second-order valence-electron chi connectivity index (χ2n) is 5.24. The van der Waals surface area contributed by atoms with E-state index in [-0.39, 0.29) is 11.8 Å². The Morgan fingerprint density at radius 3 is 2.40 bits per heavy atom. The zero-order valence-corrected chi connectivity index (χ0v) is 12.4. The molecule has 20 heavy (non-hydrogen) atoms. The third kappa shape index (κ3) is 6.58. The lowest BCUT2D eigenvalue weighted by molar-refractivity contribution is -0.106.